The van der Waals surface area contributed by atoms with Crippen molar-refractivity contribution in [1.29, 1.82) is 0 Å². The summed E-state index contributed by atoms with van der Waals surface area (Å²) in [4.78, 5) is 24.6. The summed E-state index contributed by atoms with van der Waals surface area (Å²) in [5, 5.41) is 4.17. The molecule has 7 nitrogen and oxygen atoms in total. The zero-order chi connectivity index (χ0) is 22.1. The SMILES string of the molecule is COc1ccc(C(=O)c2ccc3c(-c4ccc(OC5CCOC5=O)cc4)nocc2-3)cc1. The molecule has 1 fully saturated rings. The van der Waals surface area contributed by atoms with Gasteiger partial charge in [-0.25, -0.2) is 4.79 Å². The second-order valence-electron chi connectivity index (χ2n) is 7.38. The van der Waals surface area contributed by atoms with Gasteiger partial charge in [-0.15, -0.1) is 0 Å². The zero-order valence-corrected chi connectivity index (χ0v) is 17.2. The van der Waals surface area contributed by atoms with Crippen molar-refractivity contribution in [3.8, 4) is 33.9 Å². The van der Waals surface area contributed by atoms with Crippen molar-refractivity contribution in [3.05, 3.63) is 78.1 Å². The van der Waals surface area contributed by atoms with Gasteiger partial charge in [-0.1, -0.05) is 11.2 Å². The predicted octanol–water partition coefficient (Wildman–Crippen LogP) is 4.38. The summed E-state index contributed by atoms with van der Waals surface area (Å²) in [6.07, 6.45) is 1.46. The summed E-state index contributed by atoms with van der Waals surface area (Å²) in [5.41, 5.74) is 4.00. The Bertz CT molecular complexity index is 1240. The van der Waals surface area contributed by atoms with E-state index in [0.29, 0.717) is 46.9 Å². The second-order valence-corrected chi connectivity index (χ2v) is 7.38. The van der Waals surface area contributed by atoms with E-state index in [1.807, 2.05) is 18.2 Å². The first-order valence-corrected chi connectivity index (χ1v) is 10.1. The molecule has 0 N–H and O–H groups in total. The van der Waals surface area contributed by atoms with Crippen molar-refractivity contribution in [3.63, 3.8) is 0 Å². The fourth-order valence-electron chi connectivity index (χ4n) is 3.75. The highest BCUT2D eigenvalue weighted by Gasteiger charge is 2.28. The summed E-state index contributed by atoms with van der Waals surface area (Å²) in [5.74, 6) is 0.805. The van der Waals surface area contributed by atoms with Crippen LogP contribution in [0.2, 0.25) is 0 Å². The highest BCUT2D eigenvalue weighted by atomic mass is 16.6. The van der Waals surface area contributed by atoms with Crippen LogP contribution in [0.5, 0.6) is 11.5 Å². The summed E-state index contributed by atoms with van der Waals surface area (Å²) in [7, 11) is 1.58. The Kier molecular flexibility index (Phi) is 5.07. The van der Waals surface area contributed by atoms with E-state index >= 15 is 0 Å². The largest absolute Gasteiger partial charge is 0.497 e. The van der Waals surface area contributed by atoms with E-state index in [1.165, 1.54) is 6.26 Å². The summed E-state index contributed by atoms with van der Waals surface area (Å²) >= 11 is 0. The van der Waals surface area contributed by atoms with Gasteiger partial charge >= 0.3 is 5.97 Å². The van der Waals surface area contributed by atoms with Crippen LogP contribution in [0.4, 0.5) is 0 Å². The Morgan fingerprint density at radius 3 is 2.41 bits per heavy atom. The minimum Gasteiger partial charge on any atom is -0.497 e. The van der Waals surface area contributed by atoms with Crippen molar-refractivity contribution in [2.75, 3.05) is 13.7 Å². The van der Waals surface area contributed by atoms with E-state index in [2.05, 4.69) is 5.16 Å². The standard InChI is InChI=1S/C25H19NO6/c1-29-17-6-4-16(5-7-17)24(27)20-11-10-19-21(20)14-31-26-23(19)15-2-8-18(9-3-15)32-22-12-13-30-25(22)28/h2-11,14,22H,12-13H2,1H3. The molecule has 160 valence electrons. The maximum atomic E-state index is 13.0. The average molecular weight is 429 g/mol. The van der Waals surface area contributed by atoms with E-state index in [-0.39, 0.29) is 11.8 Å². The first-order chi connectivity index (χ1) is 15.6. The topological polar surface area (TPSA) is 87.9 Å². The molecule has 0 radical (unpaired) electrons. The molecule has 2 heterocycles. The number of esters is 1. The lowest BCUT2D eigenvalue weighted by atomic mass is 9.98. The van der Waals surface area contributed by atoms with Crippen LogP contribution in [-0.4, -0.2) is 36.7 Å². The van der Waals surface area contributed by atoms with E-state index in [4.69, 9.17) is 18.7 Å². The highest BCUT2D eigenvalue weighted by molar-refractivity contribution is 6.14. The number of ether oxygens (including phenoxy) is 3. The normalized spacial score (nSPS) is 15.5. The maximum Gasteiger partial charge on any atom is 0.347 e. The minimum atomic E-state index is -0.570. The lowest BCUT2D eigenvalue weighted by molar-refractivity contribution is -0.143. The third-order valence-electron chi connectivity index (χ3n) is 5.46. The number of benzene rings is 2. The Morgan fingerprint density at radius 1 is 0.969 bits per heavy atom. The maximum absolute atomic E-state index is 13.0. The molecule has 0 bridgehead atoms. The molecular formula is C25H19NO6. The van der Waals surface area contributed by atoms with Crippen LogP contribution in [0, 0.1) is 0 Å². The Morgan fingerprint density at radius 2 is 1.72 bits per heavy atom. The lowest BCUT2D eigenvalue weighted by Crippen LogP contribution is -2.21. The number of carbonyl (C=O) groups is 2. The molecule has 2 aromatic carbocycles. The van der Waals surface area contributed by atoms with Gasteiger partial charge in [0.05, 0.1) is 13.7 Å². The number of hydrogen-bond donors (Lipinski definition) is 0. The van der Waals surface area contributed by atoms with Crippen LogP contribution >= 0.6 is 0 Å². The molecule has 0 aromatic heterocycles. The van der Waals surface area contributed by atoms with E-state index < -0.39 is 6.10 Å². The van der Waals surface area contributed by atoms with Gasteiger partial charge in [0, 0.05) is 34.2 Å². The molecule has 1 aliphatic carbocycles. The minimum absolute atomic E-state index is 0.109. The van der Waals surface area contributed by atoms with Gasteiger partial charge in [0.2, 0.25) is 0 Å². The molecule has 0 amide bonds. The van der Waals surface area contributed by atoms with E-state index in [0.717, 1.165) is 11.1 Å². The summed E-state index contributed by atoms with van der Waals surface area (Å²) in [6.45, 7) is 0.379. The molecule has 0 saturated carbocycles. The Balaban J connectivity index is 1.40. The fraction of sp³-hybridized carbons (Fsp3) is 0.160. The molecule has 5 rings (SSSR count). The van der Waals surface area contributed by atoms with Gasteiger partial charge in [0.25, 0.3) is 0 Å². The van der Waals surface area contributed by atoms with Crippen LogP contribution in [0.1, 0.15) is 22.3 Å². The van der Waals surface area contributed by atoms with Gasteiger partial charge in [-0.05, 0) is 54.6 Å². The van der Waals surface area contributed by atoms with Crippen LogP contribution < -0.4 is 9.47 Å². The molecule has 7 heteroatoms. The fourth-order valence-corrected chi connectivity index (χ4v) is 3.75. The smallest absolute Gasteiger partial charge is 0.347 e. The Hall–Kier alpha value is -4.13. The monoisotopic (exact) mass is 429 g/mol. The van der Waals surface area contributed by atoms with Crippen molar-refractivity contribution < 1.29 is 28.3 Å². The summed E-state index contributed by atoms with van der Waals surface area (Å²) in [6, 6.07) is 17.8. The Labute approximate surface area is 183 Å². The van der Waals surface area contributed by atoms with Crippen LogP contribution in [0.3, 0.4) is 0 Å². The number of ketones is 1. The van der Waals surface area contributed by atoms with Gasteiger partial charge in [-0.3, -0.25) is 4.79 Å². The highest BCUT2D eigenvalue weighted by Crippen LogP contribution is 2.37. The van der Waals surface area contributed by atoms with Gasteiger partial charge in [0.15, 0.2) is 11.9 Å². The van der Waals surface area contributed by atoms with Crippen molar-refractivity contribution in [2.45, 2.75) is 12.5 Å². The van der Waals surface area contributed by atoms with Gasteiger partial charge in [0.1, 0.15) is 23.5 Å². The molecule has 1 atom stereocenters. The molecule has 1 saturated heterocycles. The first-order valence-electron chi connectivity index (χ1n) is 10.1. The number of rotatable bonds is 6. The third kappa shape index (κ3) is 3.58. The van der Waals surface area contributed by atoms with E-state index in [9.17, 15) is 9.59 Å². The molecule has 0 spiro atoms. The molecule has 1 unspecified atom stereocenters. The molecule has 2 aliphatic heterocycles. The van der Waals surface area contributed by atoms with Gasteiger partial charge in [-0.2, -0.15) is 0 Å². The van der Waals surface area contributed by atoms with Crippen molar-refractivity contribution in [2.24, 2.45) is 0 Å². The second kappa shape index (κ2) is 8.19. The van der Waals surface area contributed by atoms with Crippen molar-refractivity contribution >= 4 is 11.8 Å². The lowest BCUT2D eigenvalue weighted by Gasteiger charge is -2.11. The molecule has 2 aromatic rings. The molecule has 32 heavy (non-hydrogen) atoms. The summed E-state index contributed by atoms with van der Waals surface area (Å²) < 4.78 is 21.1. The number of aromatic nitrogens is 1. The quantitative estimate of drug-likeness (QED) is 0.332. The number of cyclic esters (lactones) is 1. The third-order valence-corrected chi connectivity index (χ3v) is 5.46. The van der Waals surface area contributed by atoms with Crippen LogP contribution in [-0.2, 0) is 9.53 Å². The number of fused-ring (bicyclic) bond motifs is 1. The zero-order valence-electron chi connectivity index (χ0n) is 17.2. The molecule has 3 aliphatic rings. The van der Waals surface area contributed by atoms with Crippen molar-refractivity contribution in [1.82, 2.24) is 5.16 Å². The van der Waals surface area contributed by atoms with Crippen LogP contribution in [0.25, 0.3) is 22.4 Å². The number of carbonyl (C=O) groups excluding carboxylic acids is 2. The average Bonchev–Trinajstić information content (AvgIpc) is 3.45. The number of hydrogen-bond acceptors (Lipinski definition) is 7. The van der Waals surface area contributed by atoms with Gasteiger partial charge < -0.3 is 18.7 Å². The first kappa shape index (κ1) is 19.8. The number of nitrogens with zero attached hydrogens (tertiary/aromatic N) is 1. The molecular weight excluding hydrogens is 410 g/mol. The number of methoxy groups -OCH3 is 1. The van der Waals surface area contributed by atoms with E-state index in [1.54, 1.807) is 49.6 Å². The van der Waals surface area contributed by atoms with Crippen LogP contribution in [0.15, 0.2) is 71.4 Å². The predicted molar refractivity (Wildman–Crippen MR) is 115 cm³/mol.